The van der Waals surface area contributed by atoms with Gasteiger partial charge in [-0.05, 0) is 84.6 Å². The van der Waals surface area contributed by atoms with Crippen molar-refractivity contribution in [3.05, 3.63) is 78.9 Å². The quantitative estimate of drug-likeness (QED) is 0.170. The molecule has 10 heteroatoms. The summed E-state index contributed by atoms with van der Waals surface area (Å²) in [5, 5.41) is 20.2. The molecule has 42 heavy (non-hydrogen) atoms. The smallest absolute Gasteiger partial charge is 0.329 e. The van der Waals surface area contributed by atoms with E-state index in [9.17, 15) is 18.3 Å². The van der Waals surface area contributed by atoms with Crippen LogP contribution in [0.25, 0.3) is 21.9 Å². The fourth-order valence-corrected chi connectivity index (χ4v) is 5.13. The molecule has 0 amide bonds. The molecule has 4 aromatic rings. The molecular formula is C32H35NO8S. The highest BCUT2D eigenvalue weighted by atomic mass is 32.2. The number of carboxylic acid groups (broad SMARTS) is 1. The third kappa shape index (κ3) is 8.45. The number of phenolic OH excluding ortho intramolecular Hbond substituents is 1. The molecule has 0 unspecified atom stereocenters. The van der Waals surface area contributed by atoms with Crippen molar-refractivity contribution in [2.75, 3.05) is 45.7 Å². The molecule has 4 aromatic carbocycles. The van der Waals surface area contributed by atoms with E-state index in [2.05, 4.69) is 11.8 Å². The molecule has 0 aliphatic carbocycles. The van der Waals surface area contributed by atoms with Crippen LogP contribution in [0.1, 0.15) is 13.3 Å². The molecule has 4 rings (SSSR count). The summed E-state index contributed by atoms with van der Waals surface area (Å²) in [5.74, 6) is 1.05. The fourth-order valence-electron chi connectivity index (χ4n) is 4.50. The molecule has 0 aliphatic rings. The van der Waals surface area contributed by atoms with Crippen molar-refractivity contribution in [2.24, 2.45) is 0 Å². The highest BCUT2D eigenvalue weighted by molar-refractivity contribution is 7.90. The van der Waals surface area contributed by atoms with Crippen LogP contribution in [-0.4, -0.2) is 75.2 Å². The van der Waals surface area contributed by atoms with Gasteiger partial charge >= 0.3 is 5.97 Å². The molecule has 222 valence electrons. The molecule has 0 spiro atoms. The predicted molar refractivity (Wildman–Crippen MR) is 161 cm³/mol. The molecule has 0 saturated carbocycles. The van der Waals surface area contributed by atoms with E-state index in [0.717, 1.165) is 48.0 Å². The molecule has 0 aliphatic heterocycles. The van der Waals surface area contributed by atoms with E-state index in [1.54, 1.807) is 42.5 Å². The van der Waals surface area contributed by atoms with Crippen molar-refractivity contribution < 1.29 is 37.6 Å². The predicted octanol–water partition coefficient (Wildman–Crippen LogP) is 5.60. The van der Waals surface area contributed by atoms with Crippen molar-refractivity contribution in [1.82, 2.24) is 4.90 Å². The third-order valence-corrected chi connectivity index (χ3v) is 7.83. The lowest BCUT2D eigenvalue weighted by Crippen LogP contribution is -2.30. The number of likely N-dealkylation sites (N-methyl/N-ethyl adjacent to an activating group) is 1. The average Bonchev–Trinajstić information content (AvgIpc) is 2.96. The van der Waals surface area contributed by atoms with Gasteiger partial charge in [0.05, 0.1) is 4.90 Å². The summed E-state index contributed by atoms with van der Waals surface area (Å²) < 4.78 is 41.3. The summed E-state index contributed by atoms with van der Waals surface area (Å²) in [6.45, 7) is 5.02. The number of aromatic hydroxyl groups is 1. The van der Waals surface area contributed by atoms with Gasteiger partial charge in [-0.25, -0.2) is 13.2 Å². The Morgan fingerprint density at radius 2 is 1.60 bits per heavy atom. The highest BCUT2D eigenvalue weighted by Crippen LogP contribution is 2.41. The van der Waals surface area contributed by atoms with Gasteiger partial charge in [0.1, 0.15) is 36.2 Å². The molecule has 0 atom stereocenters. The zero-order valence-electron chi connectivity index (χ0n) is 23.7. The van der Waals surface area contributed by atoms with Gasteiger partial charge in [-0.1, -0.05) is 25.1 Å². The molecule has 0 fully saturated rings. The SMILES string of the molecule is CCN(CCCOCC(=O)O)CCOc1ccc(Oc2c(-c3ccc(S(C)(=O)=O)cc3)ccc3cc(O)ccc23)cc1. The number of fused-ring (bicyclic) bond motifs is 1. The Kier molecular flexibility index (Phi) is 10.4. The Hall–Kier alpha value is -4.12. The minimum atomic E-state index is -3.32. The largest absolute Gasteiger partial charge is 0.508 e. The monoisotopic (exact) mass is 593 g/mol. The van der Waals surface area contributed by atoms with E-state index in [4.69, 9.17) is 19.3 Å². The minimum absolute atomic E-state index is 0.147. The Balaban J connectivity index is 1.44. The Morgan fingerprint density at radius 1 is 0.881 bits per heavy atom. The minimum Gasteiger partial charge on any atom is -0.508 e. The van der Waals surface area contributed by atoms with Gasteiger partial charge in [-0.2, -0.15) is 0 Å². The summed E-state index contributed by atoms with van der Waals surface area (Å²) in [5.41, 5.74) is 1.57. The number of phenols is 1. The molecule has 0 radical (unpaired) electrons. The Bertz CT molecular complexity index is 1600. The lowest BCUT2D eigenvalue weighted by atomic mass is 9.99. The second-order valence-corrected chi connectivity index (χ2v) is 11.8. The topological polar surface area (TPSA) is 123 Å². The molecular weight excluding hydrogens is 558 g/mol. The number of benzene rings is 4. The van der Waals surface area contributed by atoms with Crippen LogP contribution in [0, 0.1) is 0 Å². The molecule has 0 aromatic heterocycles. The lowest BCUT2D eigenvalue weighted by molar-refractivity contribution is -0.142. The van der Waals surface area contributed by atoms with Crippen molar-refractivity contribution in [1.29, 1.82) is 0 Å². The fraction of sp³-hybridized carbons (Fsp3) is 0.281. The standard InChI is InChI=1S/C32H35NO8S/c1-3-33(17-4-19-39-22-31(35)36)18-20-40-26-9-11-27(12-10-26)41-32-29(15-7-24-21-25(34)8-16-30(24)32)23-5-13-28(14-6-23)42(2,37)38/h5-16,21,34H,3-4,17-20,22H2,1-2H3,(H,35,36). The van der Waals surface area contributed by atoms with Crippen LogP contribution in [0.2, 0.25) is 0 Å². The van der Waals surface area contributed by atoms with Crippen molar-refractivity contribution >= 4 is 26.6 Å². The number of ether oxygens (including phenoxy) is 3. The van der Waals surface area contributed by atoms with Gasteiger partial charge in [0, 0.05) is 36.9 Å². The van der Waals surface area contributed by atoms with Gasteiger partial charge in [0.15, 0.2) is 9.84 Å². The van der Waals surface area contributed by atoms with E-state index in [0.29, 0.717) is 30.5 Å². The zero-order valence-corrected chi connectivity index (χ0v) is 24.5. The van der Waals surface area contributed by atoms with Gasteiger partial charge in [0.2, 0.25) is 0 Å². The first-order valence-corrected chi connectivity index (χ1v) is 15.5. The second kappa shape index (κ2) is 14.2. The van der Waals surface area contributed by atoms with Crippen LogP contribution in [0.5, 0.6) is 23.0 Å². The lowest BCUT2D eigenvalue weighted by Gasteiger charge is -2.20. The van der Waals surface area contributed by atoms with E-state index >= 15 is 0 Å². The first-order valence-electron chi connectivity index (χ1n) is 13.6. The number of hydrogen-bond acceptors (Lipinski definition) is 8. The normalized spacial score (nSPS) is 11.6. The summed E-state index contributed by atoms with van der Waals surface area (Å²) in [6, 6.07) is 22.8. The maximum absolute atomic E-state index is 11.9. The van der Waals surface area contributed by atoms with Crippen LogP contribution in [-0.2, 0) is 19.4 Å². The number of hydrogen-bond donors (Lipinski definition) is 2. The third-order valence-electron chi connectivity index (χ3n) is 6.70. The Morgan fingerprint density at radius 3 is 2.26 bits per heavy atom. The zero-order chi connectivity index (χ0) is 30.1. The highest BCUT2D eigenvalue weighted by Gasteiger charge is 2.15. The summed E-state index contributed by atoms with van der Waals surface area (Å²) in [6.07, 6.45) is 1.92. The maximum atomic E-state index is 11.9. The van der Waals surface area contributed by atoms with Gasteiger partial charge in [-0.15, -0.1) is 0 Å². The van der Waals surface area contributed by atoms with E-state index in [1.165, 1.54) is 6.26 Å². The number of carboxylic acids is 1. The molecule has 9 nitrogen and oxygen atoms in total. The molecule has 0 saturated heterocycles. The van der Waals surface area contributed by atoms with Gasteiger partial charge in [-0.3, -0.25) is 0 Å². The summed E-state index contributed by atoms with van der Waals surface area (Å²) in [7, 11) is -3.32. The van der Waals surface area contributed by atoms with Gasteiger partial charge < -0.3 is 29.3 Å². The number of sulfone groups is 1. The first kappa shape index (κ1) is 30.8. The van der Waals surface area contributed by atoms with E-state index in [-0.39, 0.29) is 17.3 Å². The Labute approximate surface area is 245 Å². The average molecular weight is 594 g/mol. The van der Waals surface area contributed by atoms with Crippen LogP contribution < -0.4 is 9.47 Å². The summed E-state index contributed by atoms with van der Waals surface area (Å²) in [4.78, 5) is 13.0. The van der Waals surface area contributed by atoms with Gasteiger partial charge in [0.25, 0.3) is 0 Å². The van der Waals surface area contributed by atoms with Crippen molar-refractivity contribution in [3.63, 3.8) is 0 Å². The number of aliphatic carboxylic acids is 1. The second-order valence-electron chi connectivity index (χ2n) is 9.80. The van der Waals surface area contributed by atoms with E-state index in [1.807, 2.05) is 36.4 Å². The maximum Gasteiger partial charge on any atom is 0.329 e. The molecule has 0 heterocycles. The van der Waals surface area contributed by atoms with Crippen LogP contribution in [0.3, 0.4) is 0 Å². The number of carbonyl (C=O) groups is 1. The van der Waals surface area contributed by atoms with Crippen molar-refractivity contribution in [3.8, 4) is 34.1 Å². The van der Waals surface area contributed by atoms with Crippen LogP contribution in [0.4, 0.5) is 0 Å². The van der Waals surface area contributed by atoms with E-state index < -0.39 is 15.8 Å². The molecule has 0 bridgehead atoms. The number of rotatable bonds is 15. The number of nitrogens with zero attached hydrogens (tertiary/aromatic N) is 1. The summed E-state index contributed by atoms with van der Waals surface area (Å²) >= 11 is 0. The molecule has 2 N–H and O–H groups in total. The van der Waals surface area contributed by atoms with Crippen molar-refractivity contribution in [2.45, 2.75) is 18.2 Å². The van der Waals surface area contributed by atoms with Crippen LogP contribution >= 0.6 is 0 Å². The first-order chi connectivity index (χ1) is 20.1. The van der Waals surface area contributed by atoms with Crippen LogP contribution in [0.15, 0.2) is 83.8 Å².